The average molecular weight is 286 g/mol. The number of thiazole rings is 1. The highest BCUT2D eigenvalue weighted by Gasteiger charge is 2.17. The van der Waals surface area contributed by atoms with Gasteiger partial charge in [0.25, 0.3) is 10.1 Å². The van der Waals surface area contributed by atoms with Gasteiger partial charge in [0.1, 0.15) is 10.4 Å². The minimum atomic E-state index is -4.27. The molecular formula is C9H6N2O3S3. The molecule has 1 N–H and O–H groups in total. The standard InChI is InChI=1S/C9H6N2O3S3/c10-4-5-15-9-11-8-6(16-9)2-1-3-7(8)17(12,13)14/h1-3H,5H2,(H,12,13,14). The second-order valence-corrected chi connectivity index (χ2v) is 6.65. The van der Waals surface area contributed by atoms with Crippen LogP contribution in [0.4, 0.5) is 0 Å². The normalized spacial score (nSPS) is 11.5. The summed E-state index contributed by atoms with van der Waals surface area (Å²) in [6.45, 7) is 0. The number of benzene rings is 1. The van der Waals surface area contributed by atoms with Gasteiger partial charge in [-0.05, 0) is 12.1 Å². The predicted molar refractivity (Wildman–Crippen MR) is 65.8 cm³/mol. The highest BCUT2D eigenvalue weighted by Crippen LogP contribution is 2.32. The minimum Gasteiger partial charge on any atom is -0.282 e. The molecule has 0 saturated carbocycles. The van der Waals surface area contributed by atoms with Gasteiger partial charge in [-0.1, -0.05) is 17.8 Å². The molecule has 17 heavy (non-hydrogen) atoms. The van der Waals surface area contributed by atoms with E-state index in [1.54, 1.807) is 12.1 Å². The Labute approximate surface area is 106 Å². The molecule has 5 nitrogen and oxygen atoms in total. The topological polar surface area (TPSA) is 91.0 Å². The van der Waals surface area contributed by atoms with Gasteiger partial charge in [0.2, 0.25) is 0 Å². The molecule has 0 amide bonds. The second-order valence-electron chi connectivity index (χ2n) is 3.00. The van der Waals surface area contributed by atoms with Crippen molar-refractivity contribution in [2.75, 3.05) is 5.75 Å². The van der Waals surface area contributed by atoms with E-state index in [2.05, 4.69) is 4.98 Å². The second kappa shape index (κ2) is 4.62. The fraction of sp³-hybridized carbons (Fsp3) is 0.111. The molecule has 0 aliphatic rings. The number of para-hydroxylation sites is 1. The van der Waals surface area contributed by atoms with Crippen LogP contribution >= 0.6 is 23.1 Å². The lowest BCUT2D eigenvalue weighted by atomic mass is 10.3. The predicted octanol–water partition coefficient (Wildman–Crippen LogP) is 2.16. The van der Waals surface area contributed by atoms with Crippen LogP contribution in [0.25, 0.3) is 10.2 Å². The van der Waals surface area contributed by atoms with Crippen LogP contribution in [0.2, 0.25) is 0 Å². The zero-order valence-corrected chi connectivity index (χ0v) is 10.8. The molecule has 0 unspecified atom stereocenters. The molecule has 0 aliphatic carbocycles. The van der Waals surface area contributed by atoms with Gasteiger partial charge >= 0.3 is 0 Å². The maximum atomic E-state index is 11.1. The Morgan fingerprint density at radius 3 is 2.94 bits per heavy atom. The zero-order chi connectivity index (χ0) is 12.5. The van der Waals surface area contributed by atoms with E-state index in [0.29, 0.717) is 9.04 Å². The summed E-state index contributed by atoms with van der Waals surface area (Å²) in [5.74, 6) is 0.251. The number of aromatic nitrogens is 1. The third-order valence-electron chi connectivity index (χ3n) is 1.90. The van der Waals surface area contributed by atoms with Gasteiger partial charge in [-0.25, -0.2) is 4.98 Å². The van der Waals surface area contributed by atoms with Crippen molar-refractivity contribution in [1.29, 1.82) is 5.26 Å². The van der Waals surface area contributed by atoms with Gasteiger partial charge in [0.15, 0.2) is 4.34 Å². The van der Waals surface area contributed by atoms with Crippen molar-refractivity contribution in [1.82, 2.24) is 4.98 Å². The molecule has 0 spiro atoms. The van der Waals surface area contributed by atoms with E-state index in [4.69, 9.17) is 9.81 Å². The number of thioether (sulfide) groups is 1. The average Bonchev–Trinajstić information content (AvgIpc) is 2.66. The van der Waals surface area contributed by atoms with E-state index in [1.165, 1.54) is 29.2 Å². The van der Waals surface area contributed by atoms with Gasteiger partial charge < -0.3 is 0 Å². The minimum absolute atomic E-state index is 0.199. The molecule has 8 heteroatoms. The van der Waals surface area contributed by atoms with Crippen molar-refractivity contribution in [2.45, 2.75) is 9.24 Å². The quantitative estimate of drug-likeness (QED) is 0.686. The number of nitriles is 1. The van der Waals surface area contributed by atoms with Gasteiger partial charge in [0.05, 0.1) is 16.5 Å². The molecule has 0 radical (unpaired) electrons. The molecule has 1 heterocycles. The largest absolute Gasteiger partial charge is 0.296 e. The third kappa shape index (κ3) is 2.58. The molecule has 2 aromatic rings. The van der Waals surface area contributed by atoms with Crippen molar-refractivity contribution in [2.24, 2.45) is 0 Å². The summed E-state index contributed by atoms with van der Waals surface area (Å²) in [4.78, 5) is 3.91. The molecule has 0 bridgehead atoms. The maximum Gasteiger partial charge on any atom is 0.296 e. The van der Waals surface area contributed by atoms with Crippen molar-refractivity contribution in [3.8, 4) is 6.07 Å². The first kappa shape index (κ1) is 12.3. The number of hydrogen-bond donors (Lipinski definition) is 1. The Hall–Kier alpha value is -1.14. The fourth-order valence-electron chi connectivity index (χ4n) is 1.27. The van der Waals surface area contributed by atoms with Gasteiger partial charge in [-0.15, -0.1) is 11.3 Å². The Morgan fingerprint density at radius 1 is 1.53 bits per heavy atom. The first-order valence-electron chi connectivity index (χ1n) is 4.39. The van der Waals surface area contributed by atoms with E-state index in [0.717, 1.165) is 0 Å². The summed E-state index contributed by atoms with van der Waals surface area (Å²) in [5, 5.41) is 8.46. The first-order chi connectivity index (χ1) is 8.02. The SMILES string of the molecule is N#CCSc1nc2c(S(=O)(=O)O)cccc2s1. The van der Waals surface area contributed by atoms with E-state index >= 15 is 0 Å². The van der Waals surface area contributed by atoms with Crippen molar-refractivity contribution in [3.63, 3.8) is 0 Å². The van der Waals surface area contributed by atoms with Crippen LogP contribution < -0.4 is 0 Å². The highest BCUT2D eigenvalue weighted by molar-refractivity contribution is 8.01. The van der Waals surface area contributed by atoms with Crippen molar-refractivity contribution in [3.05, 3.63) is 18.2 Å². The van der Waals surface area contributed by atoms with E-state index in [-0.39, 0.29) is 16.2 Å². The highest BCUT2D eigenvalue weighted by atomic mass is 32.2. The van der Waals surface area contributed by atoms with Crippen LogP contribution in [0.15, 0.2) is 27.4 Å². The molecule has 0 fully saturated rings. The van der Waals surface area contributed by atoms with Crippen molar-refractivity contribution >= 4 is 43.4 Å². The smallest absolute Gasteiger partial charge is 0.282 e. The summed E-state index contributed by atoms with van der Waals surface area (Å²) in [7, 11) is -4.27. The molecule has 2 rings (SSSR count). The number of fused-ring (bicyclic) bond motifs is 1. The van der Waals surface area contributed by atoms with E-state index in [9.17, 15) is 8.42 Å². The molecule has 0 saturated heterocycles. The van der Waals surface area contributed by atoms with Gasteiger partial charge in [-0.2, -0.15) is 13.7 Å². The summed E-state index contributed by atoms with van der Waals surface area (Å²) < 4.78 is 32.6. The lowest BCUT2D eigenvalue weighted by Gasteiger charge is -1.96. The number of nitrogens with zero attached hydrogens (tertiary/aromatic N) is 2. The number of rotatable bonds is 3. The lowest BCUT2D eigenvalue weighted by Crippen LogP contribution is -1.98. The Bertz CT molecular complexity index is 700. The summed E-state index contributed by atoms with van der Waals surface area (Å²) >= 11 is 2.53. The van der Waals surface area contributed by atoms with Crippen LogP contribution in [0.1, 0.15) is 0 Å². The number of hydrogen-bond acceptors (Lipinski definition) is 6. The van der Waals surface area contributed by atoms with Crippen LogP contribution in [-0.4, -0.2) is 23.7 Å². The van der Waals surface area contributed by atoms with E-state index < -0.39 is 10.1 Å². The molecule has 88 valence electrons. The monoisotopic (exact) mass is 286 g/mol. The van der Waals surface area contributed by atoms with Crippen LogP contribution in [-0.2, 0) is 10.1 Å². The van der Waals surface area contributed by atoms with Crippen LogP contribution in [0, 0.1) is 11.3 Å². The van der Waals surface area contributed by atoms with Gasteiger partial charge in [0, 0.05) is 0 Å². The molecule has 0 aliphatic heterocycles. The van der Waals surface area contributed by atoms with Crippen molar-refractivity contribution < 1.29 is 13.0 Å². The summed E-state index contributed by atoms with van der Waals surface area (Å²) in [5.41, 5.74) is 0.250. The molecule has 1 aromatic carbocycles. The fourth-order valence-corrected chi connectivity index (χ4v) is 3.73. The molecule has 0 atom stereocenters. The third-order valence-corrected chi connectivity index (χ3v) is 4.82. The van der Waals surface area contributed by atoms with Crippen LogP contribution in [0.5, 0.6) is 0 Å². The lowest BCUT2D eigenvalue weighted by molar-refractivity contribution is 0.484. The summed E-state index contributed by atoms with van der Waals surface area (Å²) in [6, 6.07) is 6.53. The summed E-state index contributed by atoms with van der Waals surface area (Å²) in [6.07, 6.45) is 0. The Morgan fingerprint density at radius 2 is 2.29 bits per heavy atom. The van der Waals surface area contributed by atoms with Crippen LogP contribution in [0.3, 0.4) is 0 Å². The van der Waals surface area contributed by atoms with E-state index in [1.807, 2.05) is 6.07 Å². The Kier molecular flexibility index (Phi) is 3.35. The molecular weight excluding hydrogens is 280 g/mol. The first-order valence-corrected chi connectivity index (χ1v) is 7.63. The Balaban J connectivity index is 2.58. The molecule has 1 aromatic heterocycles. The van der Waals surface area contributed by atoms with Gasteiger partial charge in [-0.3, -0.25) is 4.55 Å². The maximum absolute atomic E-state index is 11.1. The zero-order valence-electron chi connectivity index (χ0n) is 8.32.